The van der Waals surface area contributed by atoms with Gasteiger partial charge in [-0.1, -0.05) is 17.7 Å². The number of amides is 1. The Morgan fingerprint density at radius 1 is 1.53 bits per heavy atom. The van der Waals surface area contributed by atoms with E-state index in [2.05, 4.69) is 6.58 Å². The molecule has 0 fully saturated rings. The summed E-state index contributed by atoms with van der Waals surface area (Å²) in [6.45, 7) is 9.89. The lowest BCUT2D eigenvalue weighted by Gasteiger charge is -2.25. The number of phenolic OH excluding ortho intramolecular Hbond substituents is 1. The molecule has 0 aliphatic heterocycles. The van der Waals surface area contributed by atoms with E-state index in [1.807, 2.05) is 20.8 Å². The molecule has 17 heavy (non-hydrogen) atoms. The van der Waals surface area contributed by atoms with E-state index in [1.165, 1.54) is 0 Å². The van der Waals surface area contributed by atoms with Gasteiger partial charge in [0.2, 0.25) is 0 Å². The van der Waals surface area contributed by atoms with Gasteiger partial charge in [0, 0.05) is 12.6 Å². The molecule has 0 saturated carbocycles. The number of benzene rings is 1. The van der Waals surface area contributed by atoms with Crippen molar-refractivity contribution < 1.29 is 9.90 Å². The number of aromatic hydroxyl groups is 1. The van der Waals surface area contributed by atoms with Crippen LogP contribution in [0.1, 0.15) is 29.8 Å². The molecule has 1 amide bonds. The fourth-order valence-electron chi connectivity index (χ4n) is 1.64. The molecule has 3 heteroatoms. The molecule has 0 aromatic heterocycles. The Balaban J connectivity index is 3.08. The number of nitrogens with zero attached hydrogens (tertiary/aromatic N) is 1. The van der Waals surface area contributed by atoms with Gasteiger partial charge in [-0.25, -0.2) is 0 Å². The molecule has 0 radical (unpaired) electrons. The SMILES string of the molecule is C=CCN(C(=O)c1cc(C)ccc1O)C(C)C. The van der Waals surface area contributed by atoms with Crippen LogP contribution < -0.4 is 0 Å². The molecule has 1 aromatic carbocycles. The summed E-state index contributed by atoms with van der Waals surface area (Å²) in [4.78, 5) is 13.9. The Hall–Kier alpha value is -1.77. The predicted octanol–water partition coefficient (Wildman–Crippen LogP) is 2.74. The molecule has 3 nitrogen and oxygen atoms in total. The Kier molecular flexibility index (Phi) is 4.32. The standard InChI is InChI=1S/C14H19NO2/c1-5-8-15(10(2)3)14(17)12-9-11(4)6-7-13(12)16/h5-7,9-10,16H,1,8H2,2-4H3. The van der Waals surface area contributed by atoms with E-state index in [0.29, 0.717) is 12.1 Å². The van der Waals surface area contributed by atoms with Crippen LogP contribution in [0.5, 0.6) is 5.75 Å². The highest BCUT2D eigenvalue weighted by Gasteiger charge is 2.20. The minimum atomic E-state index is -0.166. The van der Waals surface area contributed by atoms with Crippen molar-refractivity contribution in [3.8, 4) is 5.75 Å². The van der Waals surface area contributed by atoms with Crippen LogP contribution in [0.4, 0.5) is 0 Å². The molecule has 1 N–H and O–H groups in total. The van der Waals surface area contributed by atoms with Crippen molar-refractivity contribution in [2.45, 2.75) is 26.8 Å². The van der Waals surface area contributed by atoms with E-state index in [-0.39, 0.29) is 17.7 Å². The number of phenols is 1. The molecular weight excluding hydrogens is 214 g/mol. The third-order valence-electron chi connectivity index (χ3n) is 2.59. The van der Waals surface area contributed by atoms with Gasteiger partial charge in [0.25, 0.3) is 5.91 Å². The molecule has 0 aliphatic carbocycles. The molecule has 0 heterocycles. The summed E-state index contributed by atoms with van der Waals surface area (Å²) in [5.41, 5.74) is 1.30. The molecule has 92 valence electrons. The fourth-order valence-corrected chi connectivity index (χ4v) is 1.64. The molecular formula is C14H19NO2. The average molecular weight is 233 g/mol. The summed E-state index contributed by atoms with van der Waals surface area (Å²) in [5.74, 6) is -0.142. The largest absolute Gasteiger partial charge is 0.507 e. The van der Waals surface area contributed by atoms with Gasteiger partial charge in [-0.3, -0.25) is 4.79 Å². The predicted molar refractivity (Wildman–Crippen MR) is 69.2 cm³/mol. The molecule has 1 rings (SSSR count). The quantitative estimate of drug-likeness (QED) is 0.812. The minimum Gasteiger partial charge on any atom is -0.507 e. The summed E-state index contributed by atoms with van der Waals surface area (Å²) in [6.07, 6.45) is 1.69. The maximum Gasteiger partial charge on any atom is 0.258 e. The van der Waals surface area contributed by atoms with Crippen molar-refractivity contribution >= 4 is 5.91 Å². The lowest BCUT2D eigenvalue weighted by molar-refractivity contribution is 0.0725. The highest BCUT2D eigenvalue weighted by atomic mass is 16.3. The topological polar surface area (TPSA) is 40.5 Å². The zero-order valence-electron chi connectivity index (χ0n) is 10.6. The first-order valence-electron chi connectivity index (χ1n) is 5.68. The zero-order chi connectivity index (χ0) is 13.0. The van der Waals surface area contributed by atoms with E-state index < -0.39 is 0 Å². The van der Waals surface area contributed by atoms with Crippen molar-refractivity contribution in [1.82, 2.24) is 4.90 Å². The second-order valence-corrected chi connectivity index (χ2v) is 4.36. The smallest absolute Gasteiger partial charge is 0.258 e. The Morgan fingerprint density at radius 3 is 2.71 bits per heavy atom. The van der Waals surface area contributed by atoms with Crippen LogP contribution in [-0.4, -0.2) is 28.5 Å². The van der Waals surface area contributed by atoms with E-state index in [4.69, 9.17) is 0 Å². The van der Waals surface area contributed by atoms with Crippen molar-refractivity contribution in [1.29, 1.82) is 0 Å². The summed E-state index contributed by atoms with van der Waals surface area (Å²) in [7, 11) is 0. The number of carbonyl (C=O) groups is 1. The summed E-state index contributed by atoms with van der Waals surface area (Å²) in [5, 5.41) is 9.73. The van der Waals surface area contributed by atoms with E-state index in [9.17, 15) is 9.90 Å². The van der Waals surface area contributed by atoms with Crippen LogP contribution in [0.25, 0.3) is 0 Å². The van der Waals surface area contributed by atoms with Gasteiger partial charge >= 0.3 is 0 Å². The van der Waals surface area contributed by atoms with Gasteiger partial charge < -0.3 is 10.0 Å². The molecule has 0 aliphatic rings. The van der Waals surface area contributed by atoms with Crippen LogP contribution in [0, 0.1) is 6.92 Å². The first kappa shape index (κ1) is 13.3. The van der Waals surface area contributed by atoms with Crippen molar-refractivity contribution in [3.63, 3.8) is 0 Å². The maximum absolute atomic E-state index is 12.3. The Labute approximate surface area is 102 Å². The van der Waals surface area contributed by atoms with Gasteiger partial charge in [-0.05, 0) is 32.9 Å². The number of hydrogen-bond acceptors (Lipinski definition) is 2. The number of carbonyl (C=O) groups excluding carboxylic acids is 1. The second-order valence-electron chi connectivity index (χ2n) is 4.36. The van der Waals surface area contributed by atoms with Crippen LogP contribution >= 0.6 is 0 Å². The maximum atomic E-state index is 12.3. The van der Waals surface area contributed by atoms with Crippen LogP contribution in [-0.2, 0) is 0 Å². The monoisotopic (exact) mass is 233 g/mol. The Bertz CT molecular complexity index is 424. The number of hydrogen-bond donors (Lipinski definition) is 1. The van der Waals surface area contributed by atoms with E-state index in [0.717, 1.165) is 5.56 Å². The minimum absolute atomic E-state index is 0.0234. The van der Waals surface area contributed by atoms with E-state index >= 15 is 0 Å². The first-order chi connectivity index (χ1) is 7.97. The third kappa shape index (κ3) is 3.09. The van der Waals surface area contributed by atoms with Crippen LogP contribution in [0.15, 0.2) is 30.9 Å². The Morgan fingerprint density at radius 2 is 2.18 bits per heavy atom. The second kappa shape index (κ2) is 5.53. The molecule has 0 spiro atoms. The average Bonchev–Trinajstić information content (AvgIpc) is 2.28. The number of rotatable bonds is 4. The van der Waals surface area contributed by atoms with Gasteiger partial charge in [-0.15, -0.1) is 6.58 Å². The fraction of sp³-hybridized carbons (Fsp3) is 0.357. The van der Waals surface area contributed by atoms with E-state index in [1.54, 1.807) is 29.2 Å². The lowest BCUT2D eigenvalue weighted by atomic mass is 10.1. The molecule has 0 bridgehead atoms. The third-order valence-corrected chi connectivity index (χ3v) is 2.59. The van der Waals surface area contributed by atoms with Gasteiger partial charge in [0.1, 0.15) is 5.75 Å². The normalized spacial score (nSPS) is 10.4. The first-order valence-corrected chi connectivity index (χ1v) is 5.68. The highest BCUT2D eigenvalue weighted by Crippen LogP contribution is 2.21. The van der Waals surface area contributed by atoms with Gasteiger partial charge in [0.15, 0.2) is 0 Å². The van der Waals surface area contributed by atoms with Crippen molar-refractivity contribution in [2.24, 2.45) is 0 Å². The lowest BCUT2D eigenvalue weighted by Crippen LogP contribution is -2.37. The van der Waals surface area contributed by atoms with Crippen molar-refractivity contribution in [3.05, 3.63) is 42.0 Å². The van der Waals surface area contributed by atoms with Gasteiger partial charge in [0.05, 0.1) is 5.56 Å². The highest BCUT2D eigenvalue weighted by molar-refractivity contribution is 5.97. The van der Waals surface area contributed by atoms with Crippen molar-refractivity contribution in [2.75, 3.05) is 6.54 Å². The molecule has 0 atom stereocenters. The molecule has 0 unspecified atom stereocenters. The summed E-state index contributed by atoms with van der Waals surface area (Å²) >= 11 is 0. The summed E-state index contributed by atoms with van der Waals surface area (Å²) in [6, 6.07) is 5.10. The molecule has 1 aromatic rings. The molecule has 0 saturated heterocycles. The van der Waals surface area contributed by atoms with Gasteiger partial charge in [-0.2, -0.15) is 0 Å². The van der Waals surface area contributed by atoms with Crippen LogP contribution in [0.3, 0.4) is 0 Å². The number of aryl methyl sites for hydroxylation is 1. The summed E-state index contributed by atoms with van der Waals surface area (Å²) < 4.78 is 0. The zero-order valence-corrected chi connectivity index (χ0v) is 10.6. The van der Waals surface area contributed by atoms with Crippen LogP contribution in [0.2, 0.25) is 0 Å².